The predicted octanol–water partition coefficient (Wildman–Crippen LogP) is 2.45. The lowest BCUT2D eigenvalue weighted by Crippen LogP contribution is -2.33. The van der Waals surface area contributed by atoms with E-state index in [0.717, 1.165) is 10.2 Å². The lowest BCUT2D eigenvalue weighted by Gasteiger charge is -2.11. The predicted molar refractivity (Wildman–Crippen MR) is 81.1 cm³/mol. The minimum atomic E-state index is -0.803. The highest BCUT2D eigenvalue weighted by molar-refractivity contribution is 9.10. The maximum atomic E-state index is 11.9. The minimum Gasteiger partial charge on any atom is -0.492 e. The second kappa shape index (κ2) is 7.45. The van der Waals surface area contributed by atoms with E-state index in [-0.39, 0.29) is 17.7 Å². The Morgan fingerprint density at radius 2 is 2.10 bits per heavy atom. The molecule has 1 aliphatic carbocycles. The number of nitrogens with one attached hydrogen (secondary N) is 1. The molecule has 1 aromatic rings. The lowest BCUT2D eigenvalue weighted by molar-refractivity contribution is -0.141. The number of carboxylic acid groups (broad SMARTS) is 1. The van der Waals surface area contributed by atoms with Crippen LogP contribution in [0.25, 0.3) is 0 Å². The van der Waals surface area contributed by atoms with Crippen LogP contribution in [-0.4, -0.2) is 30.1 Å². The number of hydrogen-bond acceptors (Lipinski definition) is 3. The van der Waals surface area contributed by atoms with Crippen molar-refractivity contribution in [3.05, 3.63) is 28.7 Å². The van der Waals surface area contributed by atoms with Gasteiger partial charge in [-0.15, -0.1) is 0 Å². The summed E-state index contributed by atoms with van der Waals surface area (Å²) in [5.41, 5.74) is 0. The number of rotatable bonds is 6. The van der Waals surface area contributed by atoms with E-state index >= 15 is 0 Å². The molecular formula is C15H18BrNO4. The van der Waals surface area contributed by atoms with Crippen LogP contribution < -0.4 is 10.1 Å². The molecule has 0 aromatic heterocycles. The fraction of sp³-hybridized carbons (Fsp3) is 0.467. The fourth-order valence-electron chi connectivity index (χ4n) is 2.49. The molecule has 1 saturated carbocycles. The van der Waals surface area contributed by atoms with Crippen molar-refractivity contribution in [1.29, 1.82) is 0 Å². The number of benzene rings is 1. The molecule has 1 aliphatic rings. The first-order valence-corrected chi connectivity index (χ1v) is 7.74. The smallest absolute Gasteiger partial charge is 0.306 e. The molecule has 2 rings (SSSR count). The molecule has 1 amide bonds. The summed E-state index contributed by atoms with van der Waals surface area (Å²) in [4.78, 5) is 22.8. The second-order valence-corrected chi connectivity index (χ2v) is 6.06. The van der Waals surface area contributed by atoms with Crippen LogP contribution in [0.2, 0.25) is 0 Å². The summed E-state index contributed by atoms with van der Waals surface area (Å²) in [6.45, 7) is 0.802. The van der Waals surface area contributed by atoms with Crippen LogP contribution in [-0.2, 0) is 9.59 Å². The maximum Gasteiger partial charge on any atom is 0.306 e. The van der Waals surface area contributed by atoms with Crippen molar-refractivity contribution < 1.29 is 19.4 Å². The topological polar surface area (TPSA) is 75.6 Å². The highest BCUT2D eigenvalue weighted by Crippen LogP contribution is 2.31. The Morgan fingerprint density at radius 1 is 1.33 bits per heavy atom. The van der Waals surface area contributed by atoms with Crippen LogP contribution in [0.1, 0.15) is 19.3 Å². The standard InChI is InChI=1S/C15H18BrNO4/c16-12-2-1-3-13(9-12)21-7-6-17-14(18)10-4-5-11(8-10)15(19)20/h1-3,9-11H,4-8H2,(H,17,18)(H,19,20)/t10-,11+/m0/s1. The largest absolute Gasteiger partial charge is 0.492 e. The Bertz CT molecular complexity index is 520. The number of amides is 1. The van der Waals surface area contributed by atoms with Gasteiger partial charge in [0.15, 0.2) is 0 Å². The summed E-state index contributed by atoms with van der Waals surface area (Å²) in [5, 5.41) is 11.7. The number of halogens is 1. The van der Waals surface area contributed by atoms with Crippen LogP contribution in [0.15, 0.2) is 28.7 Å². The van der Waals surface area contributed by atoms with E-state index in [4.69, 9.17) is 9.84 Å². The molecule has 0 bridgehead atoms. The summed E-state index contributed by atoms with van der Waals surface area (Å²) < 4.78 is 6.46. The number of hydrogen-bond donors (Lipinski definition) is 2. The van der Waals surface area contributed by atoms with Crippen molar-refractivity contribution in [2.45, 2.75) is 19.3 Å². The van der Waals surface area contributed by atoms with E-state index < -0.39 is 5.97 Å². The molecule has 21 heavy (non-hydrogen) atoms. The average Bonchev–Trinajstić information content (AvgIpc) is 2.93. The van der Waals surface area contributed by atoms with E-state index in [1.807, 2.05) is 24.3 Å². The molecule has 6 heteroatoms. The Morgan fingerprint density at radius 3 is 2.76 bits per heavy atom. The van der Waals surface area contributed by atoms with E-state index in [9.17, 15) is 9.59 Å². The van der Waals surface area contributed by atoms with Crippen molar-refractivity contribution in [3.8, 4) is 5.75 Å². The zero-order valence-corrected chi connectivity index (χ0v) is 13.1. The van der Waals surface area contributed by atoms with Gasteiger partial charge in [0.25, 0.3) is 0 Å². The van der Waals surface area contributed by atoms with Crippen molar-refractivity contribution >= 4 is 27.8 Å². The fourth-order valence-corrected chi connectivity index (χ4v) is 2.87. The first-order valence-electron chi connectivity index (χ1n) is 6.95. The Balaban J connectivity index is 1.67. The van der Waals surface area contributed by atoms with Gasteiger partial charge in [0.1, 0.15) is 12.4 Å². The molecule has 1 aromatic carbocycles. The van der Waals surface area contributed by atoms with Crippen LogP contribution >= 0.6 is 15.9 Å². The molecule has 0 heterocycles. The summed E-state index contributed by atoms with van der Waals surface area (Å²) >= 11 is 3.36. The van der Waals surface area contributed by atoms with E-state index in [0.29, 0.717) is 32.4 Å². The Hall–Kier alpha value is -1.56. The Kier molecular flexibility index (Phi) is 5.61. The van der Waals surface area contributed by atoms with Gasteiger partial charge in [0, 0.05) is 10.4 Å². The molecule has 5 nitrogen and oxygen atoms in total. The molecule has 114 valence electrons. The number of carbonyl (C=O) groups excluding carboxylic acids is 1. The lowest BCUT2D eigenvalue weighted by atomic mass is 10.0. The highest BCUT2D eigenvalue weighted by atomic mass is 79.9. The van der Waals surface area contributed by atoms with Crippen LogP contribution in [0.3, 0.4) is 0 Å². The van der Waals surface area contributed by atoms with Crippen molar-refractivity contribution in [1.82, 2.24) is 5.32 Å². The summed E-state index contributed by atoms with van der Waals surface area (Å²) in [6.07, 6.45) is 1.67. The molecule has 0 unspecified atom stereocenters. The van der Waals surface area contributed by atoms with Gasteiger partial charge in [-0.2, -0.15) is 0 Å². The van der Waals surface area contributed by atoms with Crippen molar-refractivity contribution in [2.24, 2.45) is 11.8 Å². The van der Waals surface area contributed by atoms with Gasteiger partial charge >= 0.3 is 5.97 Å². The third-order valence-corrected chi connectivity index (χ3v) is 4.11. The minimum absolute atomic E-state index is 0.0726. The van der Waals surface area contributed by atoms with Crippen LogP contribution in [0.4, 0.5) is 0 Å². The quantitative estimate of drug-likeness (QED) is 0.768. The van der Waals surface area contributed by atoms with Gasteiger partial charge in [-0.3, -0.25) is 9.59 Å². The number of carbonyl (C=O) groups is 2. The van der Waals surface area contributed by atoms with Gasteiger partial charge < -0.3 is 15.2 Å². The van der Waals surface area contributed by atoms with Crippen LogP contribution in [0, 0.1) is 11.8 Å². The molecule has 0 spiro atoms. The van der Waals surface area contributed by atoms with Gasteiger partial charge in [0.2, 0.25) is 5.91 Å². The van der Waals surface area contributed by atoms with Crippen molar-refractivity contribution in [3.63, 3.8) is 0 Å². The molecule has 0 radical (unpaired) electrons. The SMILES string of the molecule is O=C(O)[C@@H]1CC[C@H](C(=O)NCCOc2cccc(Br)c2)C1. The van der Waals surface area contributed by atoms with Gasteiger partial charge in [-0.1, -0.05) is 22.0 Å². The molecular weight excluding hydrogens is 338 g/mol. The Labute approximate surface area is 131 Å². The molecule has 2 atom stereocenters. The first kappa shape index (κ1) is 15.8. The number of ether oxygens (including phenoxy) is 1. The normalized spacial score (nSPS) is 21.0. The summed E-state index contributed by atoms with van der Waals surface area (Å²) in [7, 11) is 0. The zero-order chi connectivity index (χ0) is 15.2. The average molecular weight is 356 g/mol. The van der Waals surface area contributed by atoms with E-state index in [1.165, 1.54) is 0 Å². The third kappa shape index (κ3) is 4.74. The molecule has 1 fully saturated rings. The van der Waals surface area contributed by atoms with Crippen molar-refractivity contribution in [2.75, 3.05) is 13.2 Å². The molecule has 2 N–H and O–H groups in total. The first-order chi connectivity index (χ1) is 10.1. The van der Waals surface area contributed by atoms with Gasteiger partial charge in [0.05, 0.1) is 12.5 Å². The highest BCUT2D eigenvalue weighted by Gasteiger charge is 2.33. The molecule has 0 aliphatic heterocycles. The zero-order valence-electron chi connectivity index (χ0n) is 11.5. The van der Waals surface area contributed by atoms with Crippen LogP contribution in [0.5, 0.6) is 5.75 Å². The number of aliphatic carboxylic acids is 1. The maximum absolute atomic E-state index is 11.9. The van der Waals surface area contributed by atoms with Gasteiger partial charge in [-0.25, -0.2) is 0 Å². The summed E-state index contributed by atoms with van der Waals surface area (Å²) in [6, 6.07) is 7.49. The van der Waals surface area contributed by atoms with Gasteiger partial charge in [-0.05, 0) is 37.5 Å². The second-order valence-electron chi connectivity index (χ2n) is 5.14. The number of carboxylic acids is 1. The summed E-state index contributed by atoms with van der Waals surface area (Å²) in [5.74, 6) is -0.694. The third-order valence-electron chi connectivity index (χ3n) is 3.62. The van der Waals surface area contributed by atoms with E-state index in [1.54, 1.807) is 0 Å². The van der Waals surface area contributed by atoms with E-state index in [2.05, 4.69) is 21.2 Å². The monoisotopic (exact) mass is 355 g/mol. The molecule has 0 saturated heterocycles.